The average Bonchev–Trinajstić information content (AvgIpc) is 3.14. The van der Waals surface area contributed by atoms with Crippen molar-refractivity contribution in [1.82, 2.24) is 5.32 Å². The Balaban J connectivity index is 1.48. The van der Waals surface area contributed by atoms with Crippen LogP contribution in [-0.4, -0.2) is 6.54 Å². The zero-order chi connectivity index (χ0) is 13.1. The van der Waals surface area contributed by atoms with Crippen LogP contribution in [-0.2, 0) is 0 Å². The summed E-state index contributed by atoms with van der Waals surface area (Å²) in [5.74, 6) is 2.88. The summed E-state index contributed by atoms with van der Waals surface area (Å²) < 4.78 is 0. The molecule has 1 aromatic heterocycles. The molecule has 2 aliphatic rings. The van der Waals surface area contributed by atoms with Crippen LogP contribution >= 0.6 is 11.3 Å². The molecular formula is C17H27NS. The molecule has 0 bridgehead atoms. The monoisotopic (exact) mass is 277 g/mol. The first-order valence-electron chi connectivity index (χ1n) is 8.13. The van der Waals surface area contributed by atoms with Crippen molar-refractivity contribution in [2.24, 2.45) is 17.8 Å². The molecule has 1 heterocycles. The van der Waals surface area contributed by atoms with Gasteiger partial charge in [-0.2, -0.15) is 0 Å². The van der Waals surface area contributed by atoms with Crippen LogP contribution in [0.1, 0.15) is 62.8 Å². The van der Waals surface area contributed by atoms with Crippen LogP contribution in [0.4, 0.5) is 0 Å². The van der Waals surface area contributed by atoms with Crippen molar-refractivity contribution in [3.8, 4) is 0 Å². The van der Waals surface area contributed by atoms with E-state index in [4.69, 9.17) is 0 Å². The van der Waals surface area contributed by atoms with Gasteiger partial charge in [0, 0.05) is 10.9 Å². The van der Waals surface area contributed by atoms with E-state index in [0.717, 1.165) is 17.8 Å². The van der Waals surface area contributed by atoms with Gasteiger partial charge in [-0.1, -0.05) is 32.3 Å². The first-order chi connectivity index (χ1) is 9.36. The molecule has 0 amide bonds. The predicted molar refractivity (Wildman–Crippen MR) is 83.5 cm³/mol. The molecule has 2 aliphatic carbocycles. The average molecular weight is 277 g/mol. The van der Waals surface area contributed by atoms with Crippen LogP contribution in [0.5, 0.6) is 0 Å². The second kappa shape index (κ2) is 6.41. The van der Waals surface area contributed by atoms with Crippen molar-refractivity contribution in [3.63, 3.8) is 0 Å². The third kappa shape index (κ3) is 3.61. The van der Waals surface area contributed by atoms with E-state index >= 15 is 0 Å². The zero-order valence-corrected chi connectivity index (χ0v) is 12.9. The second-order valence-corrected chi connectivity index (χ2v) is 7.51. The minimum atomic E-state index is 0.656. The van der Waals surface area contributed by atoms with Gasteiger partial charge in [0.1, 0.15) is 0 Å². The highest BCUT2D eigenvalue weighted by Gasteiger charge is 2.33. The molecule has 0 spiro atoms. The molecule has 19 heavy (non-hydrogen) atoms. The van der Waals surface area contributed by atoms with Gasteiger partial charge in [-0.05, 0) is 61.4 Å². The fourth-order valence-corrected chi connectivity index (χ4v) is 4.43. The van der Waals surface area contributed by atoms with E-state index in [1.807, 2.05) is 11.3 Å². The summed E-state index contributed by atoms with van der Waals surface area (Å²) in [4.78, 5) is 1.56. The highest BCUT2D eigenvalue weighted by molar-refractivity contribution is 7.10. The maximum Gasteiger partial charge on any atom is 0.0443 e. The van der Waals surface area contributed by atoms with E-state index in [9.17, 15) is 0 Å². The number of rotatable bonds is 6. The Morgan fingerprint density at radius 2 is 1.89 bits per heavy atom. The van der Waals surface area contributed by atoms with Gasteiger partial charge in [0.2, 0.25) is 0 Å². The summed E-state index contributed by atoms with van der Waals surface area (Å²) in [6.07, 6.45) is 10.1. The first-order valence-corrected chi connectivity index (χ1v) is 9.01. The van der Waals surface area contributed by atoms with Gasteiger partial charge in [0.05, 0.1) is 0 Å². The first kappa shape index (κ1) is 13.6. The number of nitrogens with one attached hydrogen (secondary N) is 1. The standard InChI is InChI=1S/C17H27NS/c1-2-13-5-7-14(8-6-13)12-18-17(15-9-10-15)16-4-3-11-19-16/h3-4,11,13-15,17-18H,2,5-10,12H2,1H3. The SMILES string of the molecule is CCC1CCC(CNC(c2cccs2)C2CC2)CC1. The molecular weight excluding hydrogens is 250 g/mol. The highest BCUT2D eigenvalue weighted by Crippen LogP contribution is 2.42. The molecule has 1 atom stereocenters. The molecule has 2 saturated carbocycles. The maximum absolute atomic E-state index is 3.90. The molecule has 0 saturated heterocycles. The van der Waals surface area contributed by atoms with Gasteiger partial charge in [-0.15, -0.1) is 11.3 Å². The normalized spacial score (nSPS) is 29.3. The topological polar surface area (TPSA) is 12.0 Å². The second-order valence-electron chi connectivity index (χ2n) is 6.53. The van der Waals surface area contributed by atoms with Gasteiger partial charge in [0.25, 0.3) is 0 Å². The predicted octanol–water partition coefficient (Wildman–Crippen LogP) is 5.01. The van der Waals surface area contributed by atoms with Crippen LogP contribution in [0.25, 0.3) is 0 Å². The lowest BCUT2D eigenvalue weighted by Gasteiger charge is -2.29. The molecule has 106 valence electrons. The van der Waals surface area contributed by atoms with Gasteiger partial charge in [0.15, 0.2) is 0 Å². The lowest BCUT2D eigenvalue weighted by atomic mass is 9.81. The number of hydrogen-bond acceptors (Lipinski definition) is 2. The van der Waals surface area contributed by atoms with Crippen molar-refractivity contribution in [2.75, 3.05) is 6.54 Å². The van der Waals surface area contributed by atoms with Gasteiger partial charge < -0.3 is 5.32 Å². The van der Waals surface area contributed by atoms with Gasteiger partial charge >= 0.3 is 0 Å². The third-order valence-corrected chi connectivity index (χ3v) is 6.07. The zero-order valence-electron chi connectivity index (χ0n) is 12.1. The Labute approximate surface area is 121 Å². The van der Waals surface area contributed by atoms with Crippen molar-refractivity contribution in [1.29, 1.82) is 0 Å². The summed E-state index contributed by atoms with van der Waals surface area (Å²) in [5, 5.41) is 6.12. The molecule has 0 aliphatic heterocycles. The van der Waals surface area contributed by atoms with Crippen molar-refractivity contribution < 1.29 is 0 Å². The fraction of sp³-hybridized carbons (Fsp3) is 0.765. The largest absolute Gasteiger partial charge is 0.309 e. The van der Waals surface area contributed by atoms with E-state index in [-0.39, 0.29) is 0 Å². The Bertz CT molecular complexity index is 361. The smallest absolute Gasteiger partial charge is 0.0443 e. The summed E-state index contributed by atoms with van der Waals surface area (Å²) >= 11 is 1.93. The molecule has 0 radical (unpaired) electrons. The molecule has 1 unspecified atom stereocenters. The Morgan fingerprint density at radius 1 is 1.16 bits per heavy atom. The minimum Gasteiger partial charge on any atom is -0.309 e. The van der Waals surface area contributed by atoms with Gasteiger partial charge in [-0.25, -0.2) is 0 Å². The van der Waals surface area contributed by atoms with Gasteiger partial charge in [-0.3, -0.25) is 0 Å². The Hall–Kier alpha value is -0.340. The lowest BCUT2D eigenvalue weighted by molar-refractivity contribution is 0.254. The molecule has 0 aromatic carbocycles. The van der Waals surface area contributed by atoms with Crippen molar-refractivity contribution in [2.45, 2.75) is 57.9 Å². The molecule has 1 aromatic rings. The van der Waals surface area contributed by atoms with E-state index in [2.05, 4.69) is 29.8 Å². The summed E-state index contributed by atoms with van der Waals surface area (Å²) in [6, 6.07) is 5.17. The number of hydrogen-bond donors (Lipinski definition) is 1. The van der Waals surface area contributed by atoms with E-state index in [1.165, 1.54) is 51.5 Å². The van der Waals surface area contributed by atoms with Crippen molar-refractivity contribution >= 4 is 11.3 Å². The van der Waals surface area contributed by atoms with Crippen LogP contribution in [0, 0.1) is 17.8 Å². The van der Waals surface area contributed by atoms with E-state index in [0.29, 0.717) is 6.04 Å². The molecule has 2 heteroatoms. The quantitative estimate of drug-likeness (QED) is 0.771. The Kier molecular flexibility index (Phi) is 4.60. The summed E-state index contributed by atoms with van der Waals surface area (Å²) in [7, 11) is 0. The number of thiophene rings is 1. The lowest BCUT2D eigenvalue weighted by Crippen LogP contribution is -2.30. The van der Waals surface area contributed by atoms with Crippen LogP contribution in [0.15, 0.2) is 17.5 Å². The van der Waals surface area contributed by atoms with Crippen LogP contribution in [0.2, 0.25) is 0 Å². The third-order valence-electron chi connectivity index (χ3n) is 5.11. The summed E-state index contributed by atoms with van der Waals surface area (Å²) in [5.41, 5.74) is 0. The Morgan fingerprint density at radius 3 is 2.47 bits per heavy atom. The van der Waals surface area contributed by atoms with Crippen LogP contribution in [0.3, 0.4) is 0 Å². The van der Waals surface area contributed by atoms with Crippen molar-refractivity contribution in [3.05, 3.63) is 22.4 Å². The van der Waals surface area contributed by atoms with E-state index < -0.39 is 0 Å². The molecule has 1 N–H and O–H groups in total. The maximum atomic E-state index is 3.90. The molecule has 3 rings (SSSR count). The minimum absolute atomic E-state index is 0.656. The molecule has 2 fully saturated rings. The highest BCUT2D eigenvalue weighted by atomic mass is 32.1. The fourth-order valence-electron chi connectivity index (χ4n) is 3.53. The molecule has 1 nitrogen and oxygen atoms in total. The van der Waals surface area contributed by atoms with E-state index in [1.54, 1.807) is 4.88 Å². The van der Waals surface area contributed by atoms with Crippen LogP contribution < -0.4 is 5.32 Å². The summed E-state index contributed by atoms with van der Waals surface area (Å²) in [6.45, 7) is 3.60.